The van der Waals surface area contributed by atoms with Crippen LogP contribution in [-0.2, 0) is 9.53 Å². The highest BCUT2D eigenvalue weighted by molar-refractivity contribution is 5.86. The van der Waals surface area contributed by atoms with E-state index in [9.17, 15) is 4.79 Å². The van der Waals surface area contributed by atoms with Gasteiger partial charge in [0.25, 0.3) is 0 Å². The third kappa shape index (κ3) is 21.7. The number of carbonyl (C=O) groups is 1. The zero-order valence-electron chi connectivity index (χ0n) is 24.1. The molecule has 0 saturated carbocycles. The summed E-state index contributed by atoms with van der Waals surface area (Å²) in [5.41, 5.74) is 0.514. The summed E-state index contributed by atoms with van der Waals surface area (Å²) in [6, 6.07) is 0. The van der Waals surface area contributed by atoms with Crippen LogP contribution in [0.3, 0.4) is 0 Å². The number of hydrogen-bond acceptors (Lipinski definition) is 2. The first-order valence-electron chi connectivity index (χ1n) is 15.2. The molecule has 0 radical (unpaired) electrons. The predicted molar refractivity (Wildman–Crippen MR) is 151 cm³/mol. The van der Waals surface area contributed by atoms with Crippen LogP contribution < -0.4 is 0 Å². The van der Waals surface area contributed by atoms with Gasteiger partial charge in [-0.25, -0.2) is 4.79 Å². The van der Waals surface area contributed by atoms with E-state index in [1.165, 1.54) is 128 Å². The molecule has 2 nitrogen and oxygen atoms in total. The minimum Gasteiger partial charge on any atom is -0.462 e. The maximum atomic E-state index is 11.9. The SMILES string of the molecule is C=C(C)C(=O)OCC(CCCCCCCCC(C)CCCC)CCCCCCC(C)CCCC. The zero-order valence-corrected chi connectivity index (χ0v) is 24.1. The molecule has 0 saturated heterocycles. The van der Waals surface area contributed by atoms with Gasteiger partial charge in [-0.3, -0.25) is 0 Å². The van der Waals surface area contributed by atoms with Gasteiger partial charge < -0.3 is 4.74 Å². The lowest BCUT2D eigenvalue weighted by molar-refractivity contribution is -0.140. The number of carbonyl (C=O) groups excluding carboxylic acids is 1. The molecule has 202 valence electrons. The van der Waals surface area contributed by atoms with E-state index >= 15 is 0 Å². The van der Waals surface area contributed by atoms with Crippen molar-refractivity contribution < 1.29 is 9.53 Å². The van der Waals surface area contributed by atoms with E-state index in [4.69, 9.17) is 4.74 Å². The lowest BCUT2D eigenvalue weighted by atomic mass is 9.93. The van der Waals surface area contributed by atoms with Gasteiger partial charge in [0.15, 0.2) is 0 Å². The van der Waals surface area contributed by atoms with Crippen molar-refractivity contribution in [2.75, 3.05) is 6.61 Å². The second-order valence-corrected chi connectivity index (χ2v) is 11.4. The molecule has 0 aromatic carbocycles. The molecule has 0 aromatic heterocycles. The molecule has 3 atom stereocenters. The van der Waals surface area contributed by atoms with E-state index in [0.717, 1.165) is 11.8 Å². The summed E-state index contributed by atoms with van der Waals surface area (Å²) in [7, 11) is 0. The van der Waals surface area contributed by atoms with Crippen molar-refractivity contribution >= 4 is 5.97 Å². The minimum absolute atomic E-state index is 0.223. The molecular weight excluding hydrogens is 416 g/mol. The average molecular weight is 479 g/mol. The third-order valence-corrected chi connectivity index (χ3v) is 7.52. The molecule has 0 aromatic rings. The van der Waals surface area contributed by atoms with Crippen LogP contribution in [0.25, 0.3) is 0 Å². The van der Waals surface area contributed by atoms with E-state index in [1.807, 2.05) is 0 Å². The van der Waals surface area contributed by atoms with Crippen LogP contribution in [0, 0.1) is 17.8 Å². The molecule has 0 aliphatic carbocycles. The lowest BCUT2D eigenvalue weighted by Gasteiger charge is -2.17. The van der Waals surface area contributed by atoms with Crippen LogP contribution in [-0.4, -0.2) is 12.6 Å². The van der Waals surface area contributed by atoms with Crippen LogP contribution >= 0.6 is 0 Å². The van der Waals surface area contributed by atoms with E-state index in [1.54, 1.807) is 6.92 Å². The van der Waals surface area contributed by atoms with Gasteiger partial charge in [-0.1, -0.05) is 150 Å². The highest BCUT2D eigenvalue weighted by atomic mass is 16.5. The minimum atomic E-state index is -0.223. The van der Waals surface area contributed by atoms with E-state index < -0.39 is 0 Å². The van der Waals surface area contributed by atoms with Crippen LogP contribution in [0.2, 0.25) is 0 Å². The molecule has 0 fully saturated rings. The Labute approximate surface area is 215 Å². The van der Waals surface area contributed by atoms with Gasteiger partial charge in [-0.15, -0.1) is 0 Å². The third-order valence-electron chi connectivity index (χ3n) is 7.52. The van der Waals surface area contributed by atoms with Gasteiger partial charge >= 0.3 is 5.97 Å². The topological polar surface area (TPSA) is 26.3 Å². The Hall–Kier alpha value is -0.790. The first kappa shape index (κ1) is 33.2. The molecule has 0 aliphatic rings. The second-order valence-electron chi connectivity index (χ2n) is 11.4. The summed E-state index contributed by atoms with van der Waals surface area (Å²) >= 11 is 0. The number of esters is 1. The fourth-order valence-corrected chi connectivity index (χ4v) is 4.93. The van der Waals surface area contributed by atoms with E-state index in [0.29, 0.717) is 18.1 Å². The second kappa shape index (κ2) is 23.9. The Bertz CT molecular complexity index is 470. The highest BCUT2D eigenvalue weighted by Gasteiger charge is 2.13. The Morgan fingerprint density at radius 2 is 0.971 bits per heavy atom. The van der Waals surface area contributed by atoms with Crippen molar-refractivity contribution in [1.29, 1.82) is 0 Å². The monoisotopic (exact) mass is 478 g/mol. The standard InChI is InChI=1S/C32H62O2/c1-7-9-21-29(5)23-17-13-11-12-14-19-25-31(27-34-32(33)28(3)4)26-20-16-15-18-24-30(6)22-10-8-2/h29-31H,3,7-27H2,1-2,4-6H3. The van der Waals surface area contributed by atoms with Gasteiger partial charge in [0.05, 0.1) is 6.61 Å². The van der Waals surface area contributed by atoms with E-state index in [2.05, 4.69) is 34.3 Å². The first-order valence-corrected chi connectivity index (χ1v) is 15.2. The number of hydrogen-bond donors (Lipinski definition) is 0. The molecule has 0 heterocycles. The Balaban J connectivity index is 3.99. The maximum Gasteiger partial charge on any atom is 0.333 e. The summed E-state index contributed by atoms with van der Waals surface area (Å²) in [5.74, 6) is 2.09. The number of unbranched alkanes of at least 4 members (excludes halogenated alkanes) is 10. The fourth-order valence-electron chi connectivity index (χ4n) is 4.93. The normalized spacial score (nSPS) is 14.0. The van der Waals surface area contributed by atoms with Crippen molar-refractivity contribution in [3.63, 3.8) is 0 Å². The van der Waals surface area contributed by atoms with Gasteiger partial charge in [0, 0.05) is 5.57 Å². The summed E-state index contributed by atoms with van der Waals surface area (Å²) in [6.07, 6.45) is 26.9. The van der Waals surface area contributed by atoms with Crippen molar-refractivity contribution in [2.45, 2.75) is 163 Å². The van der Waals surface area contributed by atoms with Crippen molar-refractivity contribution in [1.82, 2.24) is 0 Å². The molecule has 0 bridgehead atoms. The average Bonchev–Trinajstić information content (AvgIpc) is 2.82. The molecule has 34 heavy (non-hydrogen) atoms. The molecular formula is C32H62O2. The van der Waals surface area contributed by atoms with Crippen molar-refractivity contribution in [3.8, 4) is 0 Å². The summed E-state index contributed by atoms with van der Waals surface area (Å²) in [5, 5.41) is 0. The number of rotatable bonds is 25. The van der Waals surface area contributed by atoms with Gasteiger partial charge in [0.1, 0.15) is 0 Å². The largest absolute Gasteiger partial charge is 0.462 e. The van der Waals surface area contributed by atoms with Crippen molar-refractivity contribution in [3.05, 3.63) is 12.2 Å². The lowest BCUT2D eigenvalue weighted by Crippen LogP contribution is -2.15. The van der Waals surface area contributed by atoms with Crippen LogP contribution in [0.5, 0.6) is 0 Å². The maximum absolute atomic E-state index is 11.9. The molecule has 2 heteroatoms. The summed E-state index contributed by atoms with van der Waals surface area (Å²) < 4.78 is 5.53. The molecule has 0 spiro atoms. The Morgan fingerprint density at radius 1 is 0.618 bits per heavy atom. The molecule has 3 unspecified atom stereocenters. The van der Waals surface area contributed by atoms with Gasteiger partial charge in [-0.2, -0.15) is 0 Å². The zero-order chi connectivity index (χ0) is 25.4. The quantitative estimate of drug-likeness (QED) is 0.0740. The summed E-state index contributed by atoms with van der Waals surface area (Å²) in [4.78, 5) is 11.9. The van der Waals surface area contributed by atoms with Crippen LogP contribution in [0.15, 0.2) is 12.2 Å². The predicted octanol–water partition coefficient (Wildman–Crippen LogP) is 10.8. The molecule has 0 N–H and O–H groups in total. The van der Waals surface area contributed by atoms with Gasteiger partial charge in [-0.05, 0) is 37.5 Å². The smallest absolute Gasteiger partial charge is 0.333 e. The van der Waals surface area contributed by atoms with E-state index in [-0.39, 0.29) is 5.97 Å². The fraction of sp³-hybridized carbons (Fsp3) is 0.906. The van der Waals surface area contributed by atoms with Crippen molar-refractivity contribution in [2.24, 2.45) is 17.8 Å². The Kier molecular flexibility index (Phi) is 23.4. The van der Waals surface area contributed by atoms with Crippen LogP contribution in [0.4, 0.5) is 0 Å². The first-order chi connectivity index (χ1) is 16.4. The molecule has 0 aliphatic heterocycles. The summed E-state index contributed by atoms with van der Waals surface area (Å²) in [6.45, 7) is 15.5. The Morgan fingerprint density at radius 3 is 1.35 bits per heavy atom. The molecule has 0 amide bonds. The highest BCUT2D eigenvalue weighted by Crippen LogP contribution is 2.22. The number of ether oxygens (including phenoxy) is 1. The molecule has 0 rings (SSSR count). The van der Waals surface area contributed by atoms with Gasteiger partial charge in [0.2, 0.25) is 0 Å². The van der Waals surface area contributed by atoms with Crippen LogP contribution in [0.1, 0.15) is 163 Å².